The van der Waals surface area contributed by atoms with E-state index in [2.05, 4.69) is 5.32 Å². The van der Waals surface area contributed by atoms with Crippen molar-refractivity contribution in [2.45, 2.75) is 23.6 Å². The molecule has 1 N–H and O–H groups in total. The van der Waals surface area contributed by atoms with Gasteiger partial charge in [-0.2, -0.15) is 0 Å². The summed E-state index contributed by atoms with van der Waals surface area (Å²) in [5.74, 6) is 0.603. The van der Waals surface area contributed by atoms with Gasteiger partial charge >= 0.3 is 0 Å². The lowest BCUT2D eigenvalue weighted by Gasteiger charge is -2.24. The summed E-state index contributed by atoms with van der Waals surface area (Å²) in [4.78, 5) is 14.1. The van der Waals surface area contributed by atoms with Gasteiger partial charge in [0.1, 0.15) is 18.0 Å². The molecular weight excluding hydrogens is 472 g/mol. The molecule has 0 fully saturated rings. The molecule has 0 saturated heterocycles. The summed E-state index contributed by atoms with van der Waals surface area (Å²) in [6, 6.07) is 18.6. The average molecular weight is 501 g/mol. The summed E-state index contributed by atoms with van der Waals surface area (Å²) in [7, 11) is -2.52. The molecule has 3 rings (SSSR count). The summed E-state index contributed by atoms with van der Waals surface area (Å²) in [5.41, 5.74) is 1.76. The van der Waals surface area contributed by atoms with E-state index in [0.717, 1.165) is 14.8 Å². The smallest absolute Gasteiger partial charge is 0.264 e. The molecule has 34 heavy (non-hydrogen) atoms. The summed E-state index contributed by atoms with van der Waals surface area (Å²) >= 11 is 1.52. The number of benzene rings is 3. The first-order valence-electron chi connectivity index (χ1n) is 10.6. The summed E-state index contributed by atoms with van der Waals surface area (Å²) in [6.45, 7) is 3.83. The molecule has 0 spiro atoms. The molecule has 0 bridgehead atoms. The maximum Gasteiger partial charge on any atom is 0.264 e. The van der Waals surface area contributed by atoms with Gasteiger partial charge in [-0.25, -0.2) is 8.42 Å². The highest BCUT2D eigenvalue weighted by Gasteiger charge is 2.27. The number of nitrogens with one attached hydrogen (secondary N) is 1. The SMILES string of the molecule is CCOc1ccc(N(CC(=O)Nc2cc(C)ccc2OC)S(=O)(=O)c2ccc(SC)cc2)cc1. The summed E-state index contributed by atoms with van der Waals surface area (Å²) in [6.07, 6.45) is 1.92. The van der Waals surface area contributed by atoms with Gasteiger partial charge in [0, 0.05) is 4.90 Å². The molecule has 3 aromatic rings. The zero-order valence-electron chi connectivity index (χ0n) is 19.6. The van der Waals surface area contributed by atoms with E-state index in [1.807, 2.05) is 26.2 Å². The quantitative estimate of drug-likeness (QED) is 0.396. The first-order chi connectivity index (χ1) is 16.3. The number of hydrogen-bond donors (Lipinski definition) is 1. The number of hydrogen-bond acceptors (Lipinski definition) is 6. The Morgan fingerprint density at radius 1 is 1.03 bits per heavy atom. The lowest BCUT2D eigenvalue weighted by Crippen LogP contribution is -2.38. The number of ether oxygens (including phenoxy) is 2. The minimum atomic E-state index is -4.02. The lowest BCUT2D eigenvalue weighted by atomic mass is 10.2. The first-order valence-corrected chi connectivity index (χ1v) is 13.3. The van der Waals surface area contributed by atoms with Crippen LogP contribution in [0.4, 0.5) is 11.4 Å². The Morgan fingerprint density at radius 2 is 1.71 bits per heavy atom. The molecule has 0 atom stereocenters. The molecule has 0 aromatic heterocycles. The summed E-state index contributed by atoms with van der Waals surface area (Å²) in [5, 5.41) is 2.78. The van der Waals surface area contributed by atoms with E-state index in [1.54, 1.807) is 60.7 Å². The Kier molecular flexibility index (Phi) is 8.46. The van der Waals surface area contributed by atoms with Gasteiger partial charge in [0.15, 0.2) is 0 Å². The second-order valence-corrected chi connectivity index (χ2v) is 10.1. The highest BCUT2D eigenvalue weighted by molar-refractivity contribution is 7.98. The topological polar surface area (TPSA) is 84.9 Å². The molecule has 0 unspecified atom stereocenters. The van der Waals surface area contributed by atoms with Crippen molar-refractivity contribution in [3.05, 3.63) is 72.3 Å². The van der Waals surface area contributed by atoms with E-state index in [4.69, 9.17) is 9.47 Å². The Bertz CT molecular complexity index is 1230. The van der Waals surface area contributed by atoms with E-state index in [9.17, 15) is 13.2 Å². The highest BCUT2D eigenvalue weighted by atomic mass is 32.2. The van der Waals surface area contributed by atoms with Crippen molar-refractivity contribution in [2.75, 3.05) is 36.1 Å². The van der Waals surface area contributed by atoms with Gasteiger partial charge < -0.3 is 14.8 Å². The van der Waals surface area contributed by atoms with E-state index in [-0.39, 0.29) is 4.90 Å². The van der Waals surface area contributed by atoms with Gasteiger partial charge in [-0.15, -0.1) is 11.8 Å². The molecular formula is C25H28N2O5S2. The number of aryl methyl sites for hydroxylation is 1. The largest absolute Gasteiger partial charge is 0.495 e. The van der Waals surface area contributed by atoms with Crippen LogP contribution in [0.15, 0.2) is 76.5 Å². The van der Waals surface area contributed by atoms with Crippen LogP contribution in [0.1, 0.15) is 12.5 Å². The highest BCUT2D eigenvalue weighted by Crippen LogP contribution is 2.29. The van der Waals surface area contributed by atoms with Crippen LogP contribution in [-0.4, -0.2) is 40.8 Å². The van der Waals surface area contributed by atoms with Gasteiger partial charge in [-0.05, 0) is 86.3 Å². The molecule has 9 heteroatoms. The van der Waals surface area contributed by atoms with E-state index in [0.29, 0.717) is 29.5 Å². The predicted octanol–water partition coefficient (Wildman–Crippen LogP) is 4.96. The third kappa shape index (κ3) is 6.03. The predicted molar refractivity (Wildman–Crippen MR) is 137 cm³/mol. The second kappa shape index (κ2) is 11.3. The minimum Gasteiger partial charge on any atom is -0.495 e. The fourth-order valence-electron chi connectivity index (χ4n) is 3.30. The van der Waals surface area contributed by atoms with Crippen LogP contribution in [0.2, 0.25) is 0 Å². The molecule has 0 aliphatic rings. The van der Waals surface area contributed by atoms with Crippen LogP contribution in [0.3, 0.4) is 0 Å². The van der Waals surface area contributed by atoms with Crippen molar-refractivity contribution >= 4 is 39.1 Å². The number of carbonyl (C=O) groups is 1. The zero-order valence-corrected chi connectivity index (χ0v) is 21.2. The average Bonchev–Trinajstić information content (AvgIpc) is 2.83. The van der Waals surface area contributed by atoms with Crippen molar-refractivity contribution in [3.8, 4) is 11.5 Å². The molecule has 0 saturated carbocycles. The number of anilines is 2. The Morgan fingerprint density at radius 3 is 2.29 bits per heavy atom. The maximum atomic E-state index is 13.6. The number of nitrogens with zero attached hydrogens (tertiary/aromatic N) is 1. The zero-order chi connectivity index (χ0) is 24.7. The fraction of sp³-hybridized carbons (Fsp3) is 0.240. The van der Waals surface area contributed by atoms with E-state index < -0.39 is 22.5 Å². The fourth-order valence-corrected chi connectivity index (χ4v) is 5.13. The number of carbonyl (C=O) groups excluding carboxylic acids is 1. The van der Waals surface area contributed by atoms with E-state index >= 15 is 0 Å². The Labute approximate surface area is 205 Å². The molecule has 1 amide bonds. The van der Waals surface area contributed by atoms with Crippen molar-refractivity contribution < 1.29 is 22.7 Å². The standard InChI is InChI=1S/C25H28N2O5S2/c1-5-32-20-9-7-19(8-10-20)27(34(29,30)22-13-11-21(33-4)12-14-22)17-25(28)26-23-16-18(2)6-15-24(23)31-3/h6-16H,5,17H2,1-4H3,(H,26,28). The number of amides is 1. The number of methoxy groups -OCH3 is 1. The van der Waals surface area contributed by atoms with Crippen molar-refractivity contribution in [1.82, 2.24) is 0 Å². The summed E-state index contributed by atoms with van der Waals surface area (Å²) < 4.78 is 39.1. The van der Waals surface area contributed by atoms with Crippen LogP contribution in [0.25, 0.3) is 0 Å². The van der Waals surface area contributed by atoms with Crippen LogP contribution in [0, 0.1) is 6.92 Å². The van der Waals surface area contributed by atoms with Crippen LogP contribution < -0.4 is 19.1 Å². The van der Waals surface area contributed by atoms with Gasteiger partial charge in [0.25, 0.3) is 10.0 Å². The van der Waals surface area contributed by atoms with Crippen LogP contribution in [0.5, 0.6) is 11.5 Å². The Balaban J connectivity index is 1.95. The maximum absolute atomic E-state index is 13.6. The Hall–Kier alpha value is -3.17. The number of rotatable bonds is 10. The van der Waals surface area contributed by atoms with Crippen molar-refractivity contribution in [1.29, 1.82) is 0 Å². The molecule has 3 aromatic carbocycles. The monoisotopic (exact) mass is 500 g/mol. The second-order valence-electron chi connectivity index (χ2n) is 7.37. The number of thioether (sulfide) groups is 1. The van der Waals surface area contributed by atoms with Gasteiger partial charge in [0.2, 0.25) is 5.91 Å². The van der Waals surface area contributed by atoms with Gasteiger partial charge in [-0.3, -0.25) is 9.10 Å². The molecule has 0 aliphatic heterocycles. The minimum absolute atomic E-state index is 0.0973. The normalized spacial score (nSPS) is 11.1. The first kappa shape index (κ1) is 25.5. The third-order valence-corrected chi connectivity index (χ3v) is 7.53. The molecule has 0 heterocycles. The van der Waals surface area contributed by atoms with Crippen LogP contribution in [-0.2, 0) is 14.8 Å². The lowest BCUT2D eigenvalue weighted by molar-refractivity contribution is -0.114. The van der Waals surface area contributed by atoms with Crippen molar-refractivity contribution in [3.63, 3.8) is 0 Å². The molecule has 0 radical (unpaired) electrons. The molecule has 180 valence electrons. The van der Waals surface area contributed by atoms with E-state index in [1.165, 1.54) is 18.9 Å². The number of sulfonamides is 1. The van der Waals surface area contributed by atoms with Gasteiger partial charge in [-0.1, -0.05) is 6.07 Å². The van der Waals surface area contributed by atoms with Crippen LogP contribution >= 0.6 is 11.8 Å². The van der Waals surface area contributed by atoms with Gasteiger partial charge in [0.05, 0.1) is 30.0 Å². The molecule has 0 aliphatic carbocycles. The van der Waals surface area contributed by atoms with Crippen molar-refractivity contribution in [2.24, 2.45) is 0 Å². The molecule has 7 nitrogen and oxygen atoms in total. The third-order valence-electron chi connectivity index (χ3n) is 5.00.